The molecule has 1 aliphatic carbocycles. The summed E-state index contributed by atoms with van der Waals surface area (Å²) in [6.07, 6.45) is 1.47. The van der Waals surface area contributed by atoms with Crippen LogP contribution in [0.15, 0.2) is 127 Å². The molecule has 0 saturated carbocycles. The van der Waals surface area contributed by atoms with Gasteiger partial charge in [0.25, 0.3) is 5.69 Å². The van der Waals surface area contributed by atoms with Gasteiger partial charge < -0.3 is 9.47 Å². The predicted molar refractivity (Wildman–Crippen MR) is 175 cm³/mol. The highest BCUT2D eigenvalue weighted by atomic mass is 31.2. The van der Waals surface area contributed by atoms with Gasteiger partial charge in [-0.25, -0.2) is 4.79 Å². The molecule has 46 heavy (non-hydrogen) atoms. The molecule has 5 rings (SSSR count). The average molecular weight is 630 g/mol. The van der Waals surface area contributed by atoms with Gasteiger partial charge in [-0.2, -0.15) is 10.5 Å². The van der Waals surface area contributed by atoms with E-state index in [-0.39, 0.29) is 16.6 Å². The monoisotopic (exact) mass is 629 g/mol. The molecule has 4 aromatic rings. The third-order valence-electron chi connectivity index (χ3n) is 8.29. The molecule has 0 N–H and O–H groups in total. The summed E-state index contributed by atoms with van der Waals surface area (Å²) in [4.78, 5) is 38.7. The van der Waals surface area contributed by atoms with Crippen molar-refractivity contribution in [1.29, 1.82) is 10.5 Å². The Kier molecular flexibility index (Phi) is 9.00. The molecular weight excluding hydrogens is 601 g/mol. The van der Waals surface area contributed by atoms with Crippen LogP contribution in [0.25, 0.3) is 0 Å². The van der Waals surface area contributed by atoms with Gasteiger partial charge in [-0.15, -0.1) is 0 Å². The molecule has 0 spiro atoms. The lowest BCUT2D eigenvalue weighted by Gasteiger charge is -2.35. The van der Waals surface area contributed by atoms with Gasteiger partial charge in [0.2, 0.25) is 0 Å². The molecule has 1 aliphatic rings. The number of non-ortho nitro benzene ring substituents is 1. The first-order chi connectivity index (χ1) is 22.3. The number of hydrogen-bond acceptors (Lipinski definition) is 8. The fraction of sp³-hybridized carbons (Fsp3) is 0.139. The predicted octanol–water partition coefficient (Wildman–Crippen LogP) is 4.78. The molecule has 0 heterocycles. The minimum Gasteiger partial charge on any atom is -0.469 e. The third kappa shape index (κ3) is 5.07. The average Bonchev–Trinajstić information content (AvgIpc) is 3.45. The zero-order valence-electron chi connectivity index (χ0n) is 24.9. The smallest absolute Gasteiger partial charge is 0.339 e. The van der Waals surface area contributed by atoms with Gasteiger partial charge >= 0.3 is 11.9 Å². The Labute approximate surface area is 266 Å². The minimum absolute atomic E-state index is 0.0352. The van der Waals surface area contributed by atoms with Crippen molar-refractivity contribution in [3.05, 3.63) is 143 Å². The molecule has 0 radical (unpaired) electrons. The Bertz CT molecular complexity index is 1840. The summed E-state index contributed by atoms with van der Waals surface area (Å²) in [5.74, 6) is -3.86. The number of methoxy groups -OCH3 is 2. The highest BCUT2D eigenvalue weighted by Gasteiger charge is 2.58. The molecule has 0 saturated heterocycles. The van der Waals surface area contributed by atoms with Crippen LogP contribution in [-0.2, 0) is 19.1 Å². The number of hydrogen-bond donors (Lipinski definition) is 0. The van der Waals surface area contributed by atoms with Crippen molar-refractivity contribution in [2.45, 2.75) is 5.92 Å². The molecule has 0 amide bonds. The summed E-state index contributed by atoms with van der Waals surface area (Å²) in [5.41, 5.74) is -1.95. The standard InChI is InChI=1S/C36H28N3O6P/c1-44-34(40)30-22-31(36(23-37,24-38)32(30)25-18-20-26(21-19-25)39(42)43)33(35(41)45-2)46(27-12-6-3-7-13-27,28-14-8-4-9-15-28)29-16-10-5-11-17-29/h3-22,30,32H,1-2H3/t30-,32+/m1/s1. The summed E-state index contributed by atoms with van der Waals surface area (Å²) < 4.78 is 10.6. The second-order valence-electron chi connectivity index (χ2n) is 10.5. The summed E-state index contributed by atoms with van der Waals surface area (Å²) >= 11 is 0. The van der Waals surface area contributed by atoms with Gasteiger partial charge in [-0.05, 0) is 33.9 Å². The van der Waals surface area contributed by atoms with E-state index in [1.165, 1.54) is 44.6 Å². The summed E-state index contributed by atoms with van der Waals surface area (Å²) in [7, 11) is 2.43. The lowest BCUT2D eigenvalue weighted by molar-refractivity contribution is -0.384. The molecule has 9 nitrogen and oxygen atoms in total. The highest BCUT2D eigenvalue weighted by Crippen LogP contribution is 2.58. The van der Waals surface area contributed by atoms with E-state index in [1.807, 2.05) is 91.0 Å². The van der Waals surface area contributed by atoms with Crippen molar-refractivity contribution in [3.8, 4) is 12.1 Å². The number of ether oxygens (including phenoxy) is 2. The molecule has 228 valence electrons. The SMILES string of the molecule is COC(=O)C(C1=C[C@@H](C(=O)OC)[C@H](c2ccc([N+](=O)[O-])cc2)C1(C#N)C#N)=P(c1ccccc1)(c1ccccc1)c1ccccc1. The zero-order valence-corrected chi connectivity index (χ0v) is 25.8. The fourth-order valence-corrected chi connectivity index (χ4v) is 10.8. The number of benzene rings is 4. The van der Waals surface area contributed by atoms with Gasteiger partial charge in [0, 0.05) is 18.1 Å². The first-order valence-corrected chi connectivity index (χ1v) is 16.0. The molecule has 0 fully saturated rings. The van der Waals surface area contributed by atoms with Gasteiger partial charge in [-0.1, -0.05) is 109 Å². The van der Waals surface area contributed by atoms with Crippen LogP contribution in [0.3, 0.4) is 0 Å². The maximum Gasteiger partial charge on any atom is 0.339 e. The highest BCUT2D eigenvalue weighted by molar-refractivity contribution is 7.96. The number of esters is 2. The first kappa shape index (κ1) is 31.7. The number of carbonyl (C=O) groups excluding carboxylic acids is 2. The zero-order chi connectivity index (χ0) is 32.9. The molecule has 0 bridgehead atoms. The van der Waals surface area contributed by atoms with Crippen LogP contribution in [0, 0.1) is 44.1 Å². The lowest BCUT2D eigenvalue weighted by Crippen LogP contribution is -2.39. The van der Waals surface area contributed by atoms with Crippen molar-refractivity contribution in [2.24, 2.45) is 11.3 Å². The molecular formula is C36H28N3O6P. The maximum atomic E-state index is 14.4. The van der Waals surface area contributed by atoms with E-state index in [9.17, 15) is 30.2 Å². The Hall–Kier alpha value is -5.76. The van der Waals surface area contributed by atoms with E-state index >= 15 is 0 Å². The van der Waals surface area contributed by atoms with Crippen LogP contribution in [0.2, 0.25) is 0 Å². The van der Waals surface area contributed by atoms with Gasteiger partial charge in [-0.3, -0.25) is 14.9 Å². The molecule has 10 heteroatoms. The van der Waals surface area contributed by atoms with Crippen molar-refractivity contribution in [2.75, 3.05) is 14.2 Å². The number of rotatable bonds is 8. The lowest BCUT2D eigenvalue weighted by atomic mass is 9.69. The number of nitro groups is 1. The van der Waals surface area contributed by atoms with E-state index in [0.717, 1.165) is 15.9 Å². The van der Waals surface area contributed by atoms with E-state index in [1.54, 1.807) is 0 Å². The van der Waals surface area contributed by atoms with E-state index < -0.39 is 41.0 Å². The Balaban J connectivity index is 2.02. The normalized spacial score (nSPS) is 16.7. The van der Waals surface area contributed by atoms with E-state index in [4.69, 9.17) is 9.47 Å². The largest absolute Gasteiger partial charge is 0.469 e. The molecule has 0 aliphatic heterocycles. The van der Waals surface area contributed by atoms with Crippen LogP contribution in [-0.4, -0.2) is 36.4 Å². The number of nitriles is 2. The quantitative estimate of drug-likeness (QED) is 0.117. The Morgan fingerprint density at radius 3 is 1.59 bits per heavy atom. The summed E-state index contributed by atoms with van der Waals surface area (Å²) in [6, 6.07) is 37.8. The van der Waals surface area contributed by atoms with Crippen LogP contribution >= 0.6 is 6.89 Å². The Morgan fingerprint density at radius 2 is 1.22 bits per heavy atom. The van der Waals surface area contributed by atoms with E-state index in [2.05, 4.69) is 12.1 Å². The first-order valence-electron chi connectivity index (χ1n) is 14.2. The van der Waals surface area contributed by atoms with Crippen LogP contribution in [0.4, 0.5) is 5.69 Å². The maximum absolute atomic E-state index is 14.4. The Morgan fingerprint density at radius 1 is 0.761 bits per heavy atom. The van der Waals surface area contributed by atoms with Gasteiger partial charge in [0.1, 0.15) is 0 Å². The number of nitrogens with zero attached hydrogens (tertiary/aromatic N) is 3. The van der Waals surface area contributed by atoms with Gasteiger partial charge in [0.15, 0.2) is 5.41 Å². The fourth-order valence-electron chi connectivity index (χ4n) is 6.31. The summed E-state index contributed by atoms with van der Waals surface area (Å²) in [6.45, 7) is -3.27. The molecule has 2 atom stereocenters. The number of nitro benzene ring substituents is 1. The summed E-state index contributed by atoms with van der Waals surface area (Å²) in [5, 5.41) is 35.7. The van der Waals surface area contributed by atoms with Crippen molar-refractivity contribution < 1.29 is 24.0 Å². The topological polar surface area (TPSA) is 143 Å². The van der Waals surface area contributed by atoms with Crippen LogP contribution < -0.4 is 15.9 Å². The second kappa shape index (κ2) is 13.1. The van der Waals surface area contributed by atoms with Crippen LogP contribution in [0.5, 0.6) is 0 Å². The minimum atomic E-state index is -3.27. The van der Waals surface area contributed by atoms with E-state index in [0.29, 0.717) is 5.56 Å². The van der Waals surface area contributed by atoms with Crippen LogP contribution in [0.1, 0.15) is 11.5 Å². The van der Waals surface area contributed by atoms with Crippen molar-refractivity contribution in [1.82, 2.24) is 0 Å². The number of carbonyl (C=O) groups is 2. The molecule has 0 unspecified atom stereocenters. The van der Waals surface area contributed by atoms with Crippen molar-refractivity contribution in [3.63, 3.8) is 0 Å². The molecule has 4 aromatic carbocycles. The van der Waals surface area contributed by atoms with Gasteiger partial charge in [0.05, 0.1) is 42.5 Å². The van der Waals surface area contributed by atoms with Crippen molar-refractivity contribution >= 4 is 45.7 Å². The third-order valence-corrected chi connectivity index (χ3v) is 12.6. The molecule has 0 aromatic heterocycles. The second-order valence-corrected chi connectivity index (χ2v) is 13.8.